The summed E-state index contributed by atoms with van der Waals surface area (Å²) < 4.78 is 7.03. The number of hydrogen-bond acceptors (Lipinski definition) is 4. The Hall–Kier alpha value is -1.92. The number of carbonyl (C=O) groups excluding carboxylic acids is 1. The minimum atomic E-state index is -0.236. The number of aromatic nitrogens is 3. The molecule has 23 heavy (non-hydrogen) atoms. The number of carbonyl (C=O) groups is 1. The van der Waals surface area contributed by atoms with Gasteiger partial charge in [-0.25, -0.2) is 4.68 Å². The van der Waals surface area contributed by atoms with Crippen LogP contribution in [-0.2, 0) is 4.74 Å². The lowest BCUT2D eigenvalue weighted by Crippen LogP contribution is -2.26. The van der Waals surface area contributed by atoms with E-state index in [0.717, 1.165) is 12.1 Å². The van der Waals surface area contributed by atoms with Crippen LogP contribution in [0.3, 0.4) is 0 Å². The third kappa shape index (κ3) is 4.77. The smallest absolute Gasteiger partial charge is 0.273 e. The molecule has 0 unspecified atom stereocenters. The van der Waals surface area contributed by atoms with E-state index < -0.39 is 0 Å². The Bertz CT molecular complexity index is 670. The van der Waals surface area contributed by atoms with Crippen LogP contribution in [0.5, 0.6) is 0 Å². The van der Waals surface area contributed by atoms with Gasteiger partial charge in [-0.1, -0.05) is 22.9 Å². The van der Waals surface area contributed by atoms with Gasteiger partial charge in [-0.3, -0.25) is 4.79 Å². The molecule has 0 fully saturated rings. The summed E-state index contributed by atoms with van der Waals surface area (Å²) in [5.41, 5.74) is 1.75. The molecule has 0 aliphatic carbocycles. The summed E-state index contributed by atoms with van der Waals surface area (Å²) in [6, 6.07) is 7.24. The van der Waals surface area contributed by atoms with E-state index in [4.69, 9.17) is 16.3 Å². The average Bonchev–Trinajstić information content (AvgIpc) is 2.88. The normalized spacial score (nSPS) is 11.0. The number of ether oxygens (including phenoxy) is 1. The van der Waals surface area contributed by atoms with Gasteiger partial charge in [0, 0.05) is 18.2 Å². The molecule has 0 spiro atoms. The van der Waals surface area contributed by atoms with E-state index in [1.807, 2.05) is 26.0 Å². The van der Waals surface area contributed by atoms with Gasteiger partial charge in [0.2, 0.25) is 0 Å². The monoisotopic (exact) mass is 336 g/mol. The number of hydrogen-bond donors (Lipinski definition) is 1. The molecule has 1 N–H and O–H groups in total. The summed E-state index contributed by atoms with van der Waals surface area (Å²) in [6.45, 7) is 6.92. The number of rotatable bonds is 7. The number of halogens is 1. The summed E-state index contributed by atoms with van der Waals surface area (Å²) in [6.07, 6.45) is 0.955. The van der Waals surface area contributed by atoms with Crippen molar-refractivity contribution in [2.24, 2.45) is 0 Å². The van der Waals surface area contributed by atoms with Crippen molar-refractivity contribution in [1.82, 2.24) is 20.3 Å². The summed E-state index contributed by atoms with van der Waals surface area (Å²) in [5, 5.41) is 11.4. The lowest BCUT2D eigenvalue weighted by molar-refractivity contribution is 0.0756. The van der Waals surface area contributed by atoms with Crippen molar-refractivity contribution < 1.29 is 9.53 Å². The number of amides is 1. The highest BCUT2D eigenvalue weighted by atomic mass is 35.5. The van der Waals surface area contributed by atoms with E-state index in [2.05, 4.69) is 15.6 Å². The number of nitrogens with one attached hydrogen (secondary N) is 1. The Labute approximate surface area is 140 Å². The second-order valence-electron chi connectivity index (χ2n) is 5.44. The fraction of sp³-hybridized carbons (Fsp3) is 0.438. The zero-order valence-corrected chi connectivity index (χ0v) is 14.3. The van der Waals surface area contributed by atoms with Crippen molar-refractivity contribution >= 4 is 17.5 Å². The maximum Gasteiger partial charge on any atom is 0.273 e. The average molecular weight is 337 g/mol. The van der Waals surface area contributed by atoms with Gasteiger partial charge in [0.15, 0.2) is 5.69 Å². The lowest BCUT2D eigenvalue weighted by Gasteiger charge is -2.08. The van der Waals surface area contributed by atoms with E-state index in [-0.39, 0.29) is 12.0 Å². The topological polar surface area (TPSA) is 69.0 Å². The molecule has 0 saturated heterocycles. The van der Waals surface area contributed by atoms with E-state index in [1.165, 1.54) is 0 Å². The van der Waals surface area contributed by atoms with Crippen LogP contribution < -0.4 is 5.32 Å². The Morgan fingerprint density at radius 1 is 1.43 bits per heavy atom. The van der Waals surface area contributed by atoms with Crippen LogP contribution in [0.4, 0.5) is 0 Å². The van der Waals surface area contributed by atoms with Gasteiger partial charge < -0.3 is 10.1 Å². The fourth-order valence-electron chi connectivity index (χ4n) is 2.07. The fourth-order valence-corrected chi connectivity index (χ4v) is 2.25. The van der Waals surface area contributed by atoms with Crippen LogP contribution in [0.15, 0.2) is 24.3 Å². The molecule has 2 rings (SSSR count). The molecule has 0 radical (unpaired) electrons. The number of nitrogens with zero attached hydrogens (tertiary/aromatic N) is 3. The lowest BCUT2D eigenvalue weighted by atomic mass is 10.3. The summed E-state index contributed by atoms with van der Waals surface area (Å²) in [4.78, 5) is 12.2. The largest absolute Gasteiger partial charge is 0.379 e. The van der Waals surface area contributed by atoms with Crippen molar-refractivity contribution in [3.63, 3.8) is 0 Å². The molecule has 0 bridgehead atoms. The number of benzene rings is 1. The molecule has 0 aliphatic heterocycles. The molecule has 1 aromatic heterocycles. The highest BCUT2D eigenvalue weighted by Gasteiger charge is 2.17. The minimum absolute atomic E-state index is 0.200. The summed E-state index contributed by atoms with van der Waals surface area (Å²) in [5.74, 6) is -0.236. The highest BCUT2D eigenvalue weighted by molar-refractivity contribution is 6.30. The molecule has 1 heterocycles. The molecule has 0 atom stereocenters. The predicted molar refractivity (Wildman–Crippen MR) is 89.1 cm³/mol. The van der Waals surface area contributed by atoms with E-state index in [1.54, 1.807) is 23.7 Å². The first-order valence-corrected chi connectivity index (χ1v) is 7.95. The van der Waals surface area contributed by atoms with Gasteiger partial charge >= 0.3 is 0 Å². The van der Waals surface area contributed by atoms with E-state index in [9.17, 15) is 4.79 Å². The third-order valence-electron chi connectivity index (χ3n) is 3.22. The van der Waals surface area contributed by atoms with Crippen LogP contribution in [0.1, 0.15) is 36.5 Å². The van der Waals surface area contributed by atoms with Crippen LogP contribution >= 0.6 is 11.6 Å². The maximum atomic E-state index is 12.2. The van der Waals surface area contributed by atoms with Gasteiger partial charge in [0.25, 0.3) is 5.91 Å². The Kier molecular flexibility index (Phi) is 6.12. The molecule has 0 saturated carbocycles. The first kappa shape index (κ1) is 17.4. The standard InChI is InChI=1S/C16H21ClN4O2/c1-11(2)23-9-5-8-18-16(22)15-12(3)21(20-19-15)14-7-4-6-13(17)10-14/h4,6-7,10-11H,5,8-9H2,1-3H3,(H,18,22). The Morgan fingerprint density at radius 3 is 2.91 bits per heavy atom. The molecule has 0 aliphatic rings. The molecule has 7 heteroatoms. The van der Waals surface area contributed by atoms with Gasteiger partial charge in [0.1, 0.15) is 0 Å². The van der Waals surface area contributed by atoms with Gasteiger partial charge in [-0.05, 0) is 45.4 Å². The summed E-state index contributed by atoms with van der Waals surface area (Å²) >= 11 is 5.98. The Morgan fingerprint density at radius 2 is 2.22 bits per heavy atom. The molecule has 1 amide bonds. The minimum Gasteiger partial charge on any atom is -0.379 e. The Balaban J connectivity index is 1.97. The van der Waals surface area contributed by atoms with Crippen molar-refractivity contribution in [2.45, 2.75) is 33.3 Å². The van der Waals surface area contributed by atoms with Crippen molar-refractivity contribution in [3.05, 3.63) is 40.7 Å². The second kappa shape index (κ2) is 8.08. The van der Waals surface area contributed by atoms with Gasteiger partial charge in [-0.2, -0.15) is 0 Å². The molecule has 6 nitrogen and oxygen atoms in total. The molecule has 124 valence electrons. The van der Waals surface area contributed by atoms with E-state index >= 15 is 0 Å². The van der Waals surface area contributed by atoms with Crippen molar-refractivity contribution in [3.8, 4) is 5.69 Å². The van der Waals surface area contributed by atoms with Gasteiger partial charge in [-0.15, -0.1) is 5.10 Å². The highest BCUT2D eigenvalue weighted by Crippen LogP contribution is 2.16. The van der Waals surface area contributed by atoms with Crippen molar-refractivity contribution in [1.29, 1.82) is 0 Å². The predicted octanol–water partition coefficient (Wildman–Crippen LogP) is 2.77. The van der Waals surface area contributed by atoms with E-state index in [0.29, 0.717) is 29.6 Å². The first-order chi connectivity index (χ1) is 11.0. The van der Waals surface area contributed by atoms with Crippen LogP contribution in [0.25, 0.3) is 5.69 Å². The quantitative estimate of drug-likeness (QED) is 0.789. The zero-order chi connectivity index (χ0) is 16.8. The maximum absolute atomic E-state index is 12.2. The molecule has 1 aromatic carbocycles. The third-order valence-corrected chi connectivity index (χ3v) is 3.46. The van der Waals surface area contributed by atoms with Crippen LogP contribution in [0.2, 0.25) is 5.02 Å². The second-order valence-corrected chi connectivity index (χ2v) is 5.88. The SMILES string of the molecule is Cc1c(C(=O)NCCCOC(C)C)nnn1-c1cccc(Cl)c1. The summed E-state index contributed by atoms with van der Waals surface area (Å²) in [7, 11) is 0. The molecular weight excluding hydrogens is 316 g/mol. The first-order valence-electron chi connectivity index (χ1n) is 7.57. The van der Waals surface area contributed by atoms with Crippen LogP contribution in [-0.4, -0.2) is 40.2 Å². The molecule has 2 aromatic rings. The van der Waals surface area contributed by atoms with Crippen LogP contribution in [0, 0.1) is 6.92 Å². The van der Waals surface area contributed by atoms with Gasteiger partial charge in [0.05, 0.1) is 17.5 Å². The van der Waals surface area contributed by atoms with Crippen molar-refractivity contribution in [2.75, 3.05) is 13.2 Å². The molecular formula is C16H21ClN4O2. The zero-order valence-electron chi connectivity index (χ0n) is 13.5.